The quantitative estimate of drug-likeness (QED) is 0.648. The predicted octanol–water partition coefficient (Wildman–Crippen LogP) is 2.40. The van der Waals surface area contributed by atoms with E-state index in [-0.39, 0.29) is 29.6 Å². The summed E-state index contributed by atoms with van der Waals surface area (Å²) in [7, 11) is 0. The Labute approximate surface area is 183 Å². The fourth-order valence-electron chi connectivity index (χ4n) is 3.73. The lowest BCUT2D eigenvalue weighted by Gasteiger charge is -2.25. The van der Waals surface area contributed by atoms with Crippen LogP contribution in [0.1, 0.15) is 33.5 Å². The van der Waals surface area contributed by atoms with E-state index in [1.807, 2.05) is 24.5 Å². The Hall–Kier alpha value is -2.39. The van der Waals surface area contributed by atoms with Crippen molar-refractivity contribution >= 4 is 41.2 Å². The van der Waals surface area contributed by atoms with E-state index in [2.05, 4.69) is 10.6 Å². The topological polar surface area (TPSA) is 91.7 Å². The summed E-state index contributed by atoms with van der Waals surface area (Å²) in [6.07, 6.45) is 4.01. The van der Waals surface area contributed by atoms with Gasteiger partial charge in [-0.05, 0) is 42.2 Å². The van der Waals surface area contributed by atoms with Gasteiger partial charge in [0.1, 0.15) is 23.2 Å². The highest BCUT2D eigenvalue weighted by Gasteiger charge is 2.48. The minimum Gasteiger partial charge on any atom is -0.467 e. The van der Waals surface area contributed by atoms with Gasteiger partial charge in [0, 0.05) is 11.3 Å². The van der Waals surface area contributed by atoms with Gasteiger partial charge in [-0.25, -0.2) is 0 Å². The van der Waals surface area contributed by atoms with Crippen LogP contribution in [0.3, 0.4) is 0 Å². The lowest BCUT2D eigenvalue weighted by molar-refractivity contribution is -0.131. The predicted molar refractivity (Wildman–Crippen MR) is 117 cm³/mol. The molecular formula is C21H23N3O4S2. The second-order valence-corrected chi connectivity index (χ2v) is 9.24. The molecule has 0 radical (unpaired) electrons. The number of carbonyl (C=O) groups is 3. The molecule has 2 aromatic rings. The van der Waals surface area contributed by atoms with Crippen molar-refractivity contribution in [2.24, 2.45) is 0 Å². The second-order valence-electron chi connectivity index (χ2n) is 7.14. The average Bonchev–Trinajstić information content (AvgIpc) is 3.48. The molecule has 30 heavy (non-hydrogen) atoms. The number of nitrogens with one attached hydrogen (secondary N) is 2. The largest absolute Gasteiger partial charge is 0.467 e. The third-order valence-corrected chi connectivity index (χ3v) is 7.20. The molecule has 7 nitrogen and oxygen atoms in total. The van der Waals surface area contributed by atoms with Gasteiger partial charge in [-0.1, -0.05) is 18.2 Å². The van der Waals surface area contributed by atoms with E-state index >= 15 is 0 Å². The summed E-state index contributed by atoms with van der Waals surface area (Å²) in [5, 5.41) is 5.56. The van der Waals surface area contributed by atoms with Crippen LogP contribution in [0.25, 0.3) is 0 Å². The van der Waals surface area contributed by atoms with E-state index in [0.29, 0.717) is 23.5 Å². The van der Waals surface area contributed by atoms with Gasteiger partial charge in [-0.3, -0.25) is 14.4 Å². The van der Waals surface area contributed by atoms with Crippen molar-refractivity contribution in [2.75, 3.05) is 17.8 Å². The van der Waals surface area contributed by atoms with E-state index in [4.69, 9.17) is 4.42 Å². The number of fused-ring (bicyclic) bond motifs is 3. The first-order valence-electron chi connectivity index (χ1n) is 9.72. The number of thioether (sulfide) groups is 2. The summed E-state index contributed by atoms with van der Waals surface area (Å²) in [6.45, 7) is 0.263. The molecule has 9 heteroatoms. The highest BCUT2D eigenvalue weighted by molar-refractivity contribution is 7.99. The van der Waals surface area contributed by atoms with Crippen LogP contribution in [-0.2, 0) is 16.1 Å². The van der Waals surface area contributed by atoms with Gasteiger partial charge in [0.05, 0.1) is 12.8 Å². The number of hydrogen-bond acceptors (Lipinski definition) is 6. The summed E-state index contributed by atoms with van der Waals surface area (Å²) in [6, 6.07) is 9.77. The highest BCUT2D eigenvalue weighted by Crippen LogP contribution is 2.48. The zero-order valence-electron chi connectivity index (χ0n) is 16.5. The number of carbonyl (C=O) groups excluding carboxylic acids is 3. The lowest BCUT2D eigenvalue weighted by atomic mass is 10.1. The molecule has 2 aliphatic heterocycles. The van der Waals surface area contributed by atoms with E-state index in [1.54, 1.807) is 52.9 Å². The molecule has 3 amide bonds. The van der Waals surface area contributed by atoms with Crippen LogP contribution in [0.5, 0.6) is 0 Å². The van der Waals surface area contributed by atoms with Gasteiger partial charge in [-0.15, -0.1) is 11.8 Å². The molecule has 0 spiro atoms. The molecule has 3 heterocycles. The van der Waals surface area contributed by atoms with Gasteiger partial charge < -0.3 is 20.0 Å². The van der Waals surface area contributed by atoms with Crippen LogP contribution in [0.15, 0.2) is 47.1 Å². The molecule has 1 aromatic heterocycles. The minimum absolute atomic E-state index is 0.122. The van der Waals surface area contributed by atoms with Crippen LogP contribution >= 0.6 is 23.5 Å². The number of nitrogens with zero attached hydrogens (tertiary/aromatic N) is 1. The monoisotopic (exact) mass is 445 g/mol. The Kier molecular flexibility index (Phi) is 6.38. The molecule has 1 saturated heterocycles. The van der Waals surface area contributed by atoms with Gasteiger partial charge >= 0.3 is 0 Å². The zero-order valence-corrected chi connectivity index (χ0v) is 18.1. The van der Waals surface area contributed by atoms with Gasteiger partial charge in [0.2, 0.25) is 11.8 Å². The maximum Gasteiger partial charge on any atom is 0.256 e. The molecule has 3 atom stereocenters. The van der Waals surface area contributed by atoms with Crippen LogP contribution in [-0.4, -0.2) is 52.5 Å². The van der Waals surface area contributed by atoms with Crippen molar-refractivity contribution < 1.29 is 18.8 Å². The van der Waals surface area contributed by atoms with Gasteiger partial charge in [-0.2, -0.15) is 11.8 Å². The van der Waals surface area contributed by atoms with Crippen molar-refractivity contribution in [3.05, 3.63) is 59.5 Å². The molecule has 4 rings (SSSR count). The van der Waals surface area contributed by atoms with E-state index in [1.165, 1.54) is 0 Å². The van der Waals surface area contributed by atoms with Crippen molar-refractivity contribution in [1.29, 1.82) is 0 Å². The molecule has 2 N–H and O–H groups in total. The molecule has 2 aliphatic rings. The van der Waals surface area contributed by atoms with Crippen LogP contribution in [0.2, 0.25) is 0 Å². The summed E-state index contributed by atoms with van der Waals surface area (Å²) in [4.78, 5) is 40.3. The normalized spacial score (nSPS) is 20.6. The molecule has 1 aromatic carbocycles. The Balaban J connectivity index is 1.42. The zero-order chi connectivity index (χ0) is 21.1. The van der Waals surface area contributed by atoms with E-state index in [0.717, 1.165) is 11.3 Å². The first kappa shape index (κ1) is 20.9. The number of amides is 3. The molecule has 158 valence electrons. The lowest BCUT2D eigenvalue weighted by Crippen LogP contribution is -2.53. The van der Waals surface area contributed by atoms with Gasteiger partial charge in [0.15, 0.2) is 0 Å². The smallest absolute Gasteiger partial charge is 0.256 e. The fraction of sp³-hybridized carbons (Fsp3) is 0.381. The van der Waals surface area contributed by atoms with Crippen molar-refractivity contribution in [3.8, 4) is 0 Å². The first-order chi connectivity index (χ1) is 14.6. The number of hydrogen-bond donors (Lipinski definition) is 2. The van der Waals surface area contributed by atoms with Crippen LogP contribution in [0.4, 0.5) is 0 Å². The molecule has 1 unspecified atom stereocenters. The van der Waals surface area contributed by atoms with Crippen molar-refractivity contribution in [1.82, 2.24) is 15.5 Å². The van der Waals surface area contributed by atoms with Gasteiger partial charge in [0.25, 0.3) is 5.91 Å². The van der Waals surface area contributed by atoms with E-state index in [9.17, 15) is 14.4 Å². The summed E-state index contributed by atoms with van der Waals surface area (Å²) < 4.78 is 5.24. The highest BCUT2D eigenvalue weighted by atomic mass is 32.2. The van der Waals surface area contributed by atoms with E-state index < -0.39 is 12.1 Å². The third kappa shape index (κ3) is 4.09. The molecule has 0 saturated carbocycles. The molecule has 0 bridgehead atoms. The summed E-state index contributed by atoms with van der Waals surface area (Å²) in [5.41, 5.74) is 1.61. The average molecular weight is 446 g/mol. The maximum absolute atomic E-state index is 13.1. The Morgan fingerprint density at radius 3 is 2.90 bits per heavy atom. The Morgan fingerprint density at radius 1 is 1.30 bits per heavy atom. The first-order valence-corrected chi connectivity index (χ1v) is 12.2. The number of rotatable bonds is 8. The van der Waals surface area contributed by atoms with Crippen LogP contribution < -0.4 is 10.6 Å². The van der Waals surface area contributed by atoms with Crippen molar-refractivity contribution in [2.45, 2.75) is 30.4 Å². The standard InChI is InChI=1S/C21H23N3O4S2/c1-29-10-8-16(18(25)22-11-13-5-4-9-28-13)23-19(26)17-12-30-21-15-7-3-2-6-14(15)20(27)24(17)21/h2-7,9,16-17,21H,8,10-12H2,1H3,(H,22,25)(H,23,26)/t16-,17-,21?/m0/s1. The Bertz CT molecular complexity index is 934. The Morgan fingerprint density at radius 2 is 2.13 bits per heavy atom. The van der Waals surface area contributed by atoms with Crippen LogP contribution in [0, 0.1) is 0 Å². The molecular weight excluding hydrogens is 422 g/mol. The third-order valence-electron chi connectivity index (χ3n) is 5.26. The second kappa shape index (κ2) is 9.18. The maximum atomic E-state index is 13.1. The number of benzene rings is 1. The molecule has 0 aliphatic carbocycles. The molecule has 1 fully saturated rings. The number of furan rings is 1. The fourth-order valence-corrected chi connectivity index (χ4v) is 5.66. The SMILES string of the molecule is CSCC[C@H](NC(=O)[C@@H]1CSC2c3ccccc3C(=O)N21)C(=O)NCc1ccco1. The minimum atomic E-state index is -0.663. The summed E-state index contributed by atoms with van der Waals surface area (Å²) >= 11 is 3.20. The van der Waals surface area contributed by atoms with Crippen molar-refractivity contribution in [3.63, 3.8) is 0 Å². The summed E-state index contributed by atoms with van der Waals surface area (Å²) in [5.74, 6) is 1.23.